The van der Waals surface area contributed by atoms with E-state index in [1.807, 2.05) is 62.4 Å². The van der Waals surface area contributed by atoms with E-state index in [2.05, 4.69) is 15.3 Å². The number of hydrogen-bond donors (Lipinski definition) is 1. The Bertz CT molecular complexity index is 1110. The van der Waals surface area contributed by atoms with Gasteiger partial charge in [-0.2, -0.15) is 4.98 Å². The van der Waals surface area contributed by atoms with E-state index in [9.17, 15) is 4.79 Å². The van der Waals surface area contributed by atoms with Gasteiger partial charge in [-0.3, -0.25) is 9.36 Å². The minimum atomic E-state index is -0.103. The molecule has 0 bridgehead atoms. The number of aryl methyl sites for hydroxylation is 2. The Balaban J connectivity index is 1.76. The predicted molar refractivity (Wildman–Crippen MR) is 102 cm³/mol. The second kappa shape index (κ2) is 6.14. The van der Waals surface area contributed by atoms with Gasteiger partial charge in [-0.15, -0.1) is 0 Å². The molecule has 4 aromatic rings. The molecule has 2 aromatic heterocycles. The summed E-state index contributed by atoms with van der Waals surface area (Å²) in [5.74, 6) is 0. The monoisotopic (exact) mass is 348 g/mol. The summed E-state index contributed by atoms with van der Waals surface area (Å²) in [5.41, 5.74) is 4.35. The lowest BCUT2D eigenvalue weighted by molar-refractivity contribution is 0.952. The highest BCUT2D eigenvalue weighted by atomic mass is 32.1. The molecule has 2 heterocycles. The molecule has 4 rings (SSSR count). The molecule has 0 aliphatic carbocycles. The summed E-state index contributed by atoms with van der Waals surface area (Å²) in [5, 5.41) is 3.90. The van der Waals surface area contributed by atoms with Crippen molar-refractivity contribution in [2.75, 3.05) is 5.32 Å². The fourth-order valence-corrected chi connectivity index (χ4v) is 3.50. The van der Waals surface area contributed by atoms with Crippen molar-refractivity contribution >= 4 is 32.5 Å². The fraction of sp³-hybridized carbons (Fsp3) is 0.105. The highest BCUT2D eigenvalue weighted by Crippen LogP contribution is 2.25. The molecule has 0 unspecified atom stereocenters. The average Bonchev–Trinajstić information content (AvgIpc) is 3.02. The van der Waals surface area contributed by atoms with Crippen LogP contribution in [0.1, 0.15) is 11.1 Å². The van der Waals surface area contributed by atoms with Gasteiger partial charge in [0.25, 0.3) is 5.56 Å². The number of rotatable bonds is 3. The average molecular weight is 348 g/mol. The molecular formula is C19H16N4OS. The lowest BCUT2D eigenvalue weighted by Gasteiger charge is -2.07. The van der Waals surface area contributed by atoms with Gasteiger partial charge >= 0.3 is 0 Å². The molecule has 0 amide bonds. The summed E-state index contributed by atoms with van der Waals surface area (Å²) in [4.78, 5) is 21.6. The third-order valence-electron chi connectivity index (χ3n) is 4.00. The highest BCUT2D eigenvalue weighted by molar-refractivity contribution is 7.22. The first-order valence-corrected chi connectivity index (χ1v) is 8.71. The predicted octanol–water partition coefficient (Wildman–Crippen LogP) is 4.20. The maximum Gasteiger partial charge on any atom is 0.277 e. The van der Waals surface area contributed by atoms with E-state index in [-0.39, 0.29) is 5.56 Å². The molecule has 1 N–H and O–H groups in total. The minimum Gasteiger partial charge on any atom is -0.331 e. The van der Waals surface area contributed by atoms with Gasteiger partial charge in [0, 0.05) is 5.69 Å². The smallest absolute Gasteiger partial charge is 0.277 e. The van der Waals surface area contributed by atoms with Gasteiger partial charge in [0.05, 0.1) is 5.69 Å². The fourth-order valence-electron chi connectivity index (χ4n) is 2.63. The Morgan fingerprint density at radius 1 is 1.04 bits per heavy atom. The molecule has 0 fully saturated rings. The van der Waals surface area contributed by atoms with Crippen LogP contribution in [0.15, 0.2) is 59.7 Å². The van der Waals surface area contributed by atoms with Crippen LogP contribution >= 0.6 is 11.3 Å². The minimum absolute atomic E-state index is 0.103. The lowest BCUT2D eigenvalue weighted by Crippen LogP contribution is -2.18. The van der Waals surface area contributed by atoms with Crippen LogP contribution < -0.4 is 10.9 Å². The Labute approximate surface area is 148 Å². The zero-order valence-corrected chi connectivity index (χ0v) is 14.7. The van der Waals surface area contributed by atoms with Gasteiger partial charge in [0.1, 0.15) is 11.0 Å². The van der Waals surface area contributed by atoms with Crippen LogP contribution in [-0.2, 0) is 0 Å². The number of nitrogens with zero attached hydrogens (tertiary/aromatic N) is 3. The molecule has 25 heavy (non-hydrogen) atoms. The summed E-state index contributed by atoms with van der Waals surface area (Å²) in [6.45, 7) is 4.02. The van der Waals surface area contributed by atoms with Crippen LogP contribution in [0.2, 0.25) is 0 Å². The molecule has 0 saturated heterocycles. The molecule has 0 radical (unpaired) electrons. The molecule has 0 saturated carbocycles. The van der Waals surface area contributed by atoms with Crippen molar-refractivity contribution in [1.82, 2.24) is 14.5 Å². The van der Waals surface area contributed by atoms with Crippen LogP contribution in [0.3, 0.4) is 0 Å². The number of thiazole rings is 1. The van der Waals surface area contributed by atoms with Crippen LogP contribution in [0.4, 0.5) is 10.8 Å². The van der Waals surface area contributed by atoms with E-state index >= 15 is 0 Å². The van der Waals surface area contributed by atoms with Crippen molar-refractivity contribution in [1.29, 1.82) is 0 Å². The number of fused-ring (bicyclic) bond motifs is 1. The standard InChI is InChI=1S/C19H16N4OS/c1-12-7-9-14(10-8-12)21-19-22-17-16(25-19)18(24)23(11-20-17)15-6-4-3-5-13(15)2/h3-11H,1-2H3,(H,21,22). The van der Waals surface area contributed by atoms with Crippen molar-refractivity contribution < 1.29 is 0 Å². The summed E-state index contributed by atoms with van der Waals surface area (Å²) < 4.78 is 2.12. The van der Waals surface area contributed by atoms with Gasteiger partial charge in [-0.1, -0.05) is 47.2 Å². The molecule has 0 spiro atoms. The summed E-state index contributed by atoms with van der Waals surface area (Å²) in [7, 11) is 0. The Kier molecular flexibility index (Phi) is 3.82. The van der Waals surface area contributed by atoms with Crippen molar-refractivity contribution in [2.45, 2.75) is 13.8 Å². The van der Waals surface area contributed by atoms with Crippen molar-refractivity contribution in [2.24, 2.45) is 0 Å². The number of hydrogen-bond acceptors (Lipinski definition) is 5. The quantitative estimate of drug-likeness (QED) is 0.603. The Morgan fingerprint density at radius 3 is 2.56 bits per heavy atom. The molecule has 5 nitrogen and oxygen atoms in total. The van der Waals surface area contributed by atoms with E-state index in [0.717, 1.165) is 16.9 Å². The summed E-state index contributed by atoms with van der Waals surface area (Å²) in [6.07, 6.45) is 1.54. The molecule has 0 aliphatic rings. The van der Waals surface area contributed by atoms with Gasteiger partial charge in [0.2, 0.25) is 0 Å². The number of anilines is 2. The summed E-state index contributed by atoms with van der Waals surface area (Å²) >= 11 is 1.32. The maximum absolute atomic E-state index is 12.9. The highest BCUT2D eigenvalue weighted by Gasteiger charge is 2.12. The van der Waals surface area contributed by atoms with Crippen LogP contribution in [0.5, 0.6) is 0 Å². The Hall–Kier alpha value is -2.99. The van der Waals surface area contributed by atoms with E-state index in [1.54, 1.807) is 10.9 Å². The lowest BCUT2D eigenvalue weighted by atomic mass is 10.2. The van der Waals surface area contributed by atoms with Gasteiger partial charge in [-0.05, 0) is 37.6 Å². The first-order chi connectivity index (χ1) is 12.1. The molecule has 6 heteroatoms. The van der Waals surface area contributed by atoms with Gasteiger partial charge in [0.15, 0.2) is 10.8 Å². The first-order valence-electron chi connectivity index (χ1n) is 7.90. The normalized spacial score (nSPS) is 11.0. The zero-order chi connectivity index (χ0) is 17.4. The van der Waals surface area contributed by atoms with E-state index < -0.39 is 0 Å². The van der Waals surface area contributed by atoms with Crippen LogP contribution in [0.25, 0.3) is 16.0 Å². The third kappa shape index (κ3) is 2.92. The van der Waals surface area contributed by atoms with E-state index in [0.29, 0.717) is 15.5 Å². The second-order valence-corrected chi connectivity index (χ2v) is 6.87. The Morgan fingerprint density at radius 2 is 1.80 bits per heavy atom. The topological polar surface area (TPSA) is 59.8 Å². The van der Waals surface area contributed by atoms with E-state index in [4.69, 9.17) is 0 Å². The third-order valence-corrected chi connectivity index (χ3v) is 4.94. The summed E-state index contributed by atoms with van der Waals surface area (Å²) in [6, 6.07) is 15.8. The molecule has 124 valence electrons. The van der Waals surface area contributed by atoms with Gasteiger partial charge < -0.3 is 5.32 Å². The molecule has 0 atom stereocenters. The molecular weight excluding hydrogens is 332 g/mol. The van der Waals surface area contributed by atoms with Crippen LogP contribution in [-0.4, -0.2) is 14.5 Å². The number of para-hydroxylation sites is 1. The maximum atomic E-state index is 12.9. The molecule has 2 aromatic carbocycles. The zero-order valence-electron chi connectivity index (χ0n) is 13.9. The number of nitrogens with one attached hydrogen (secondary N) is 1. The van der Waals surface area contributed by atoms with E-state index in [1.165, 1.54) is 16.9 Å². The molecule has 0 aliphatic heterocycles. The first kappa shape index (κ1) is 15.5. The largest absolute Gasteiger partial charge is 0.331 e. The second-order valence-electron chi connectivity index (χ2n) is 5.87. The van der Waals surface area contributed by atoms with Gasteiger partial charge in [-0.25, -0.2) is 4.98 Å². The number of aromatic nitrogens is 3. The number of benzene rings is 2. The van der Waals surface area contributed by atoms with Crippen molar-refractivity contribution in [3.8, 4) is 5.69 Å². The van der Waals surface area contributed by atoms with Crippen LogP contribution in [0, 0.1) is 13.8 Å². The van der Waals surface area contributed by atoms with Crippen molar-refractivity contribution in [3.63, 3.8) is 0 Å². The van der Waals surface area contributed by atoms with Crippen molar-refractivity contribution in [3.05, 3.63) is 76.3 Å². The SMILES string of the molecule is Cc1ccc(Nc2nc3ncn(-c4ccccc4C)c(=O)c3s2)cc1.